The number of nitro benzene ring substituents is 1. The van der Waals surface area contributed by atoms with Gasteiger partial charge in [0.1, 0.15) is 0 Å². The van der Waals surface area contributed by atoms with Gasteiger partial charge < -0.3 is 10.4 Å². The molecular weight excluding hydrogens is 268 g/mol. The highest BCUT2D eigenvalue weighted by Gasteiger charge is 2.19. The van der Waals surface area contributed by atoms with E-state index in [1.807, 2.05) is 20.1 Å². The molecule has 0 bridgehead atoms. The van der Waals surface area contributed by atoms with Crippen molar-refractivity contribution in [3.8, 4) is 0 Å². The fourth-order valence-electron chi connectivity index (χ4n) is 1.36. The summed E-state index contributed by atoms with van der Waals surface area (Å²) in [4.78, 5) is 21.3. The molecule has 1 aromatic carbocycles. The van der Waals surface area contributed by atoms with E-state index >= 15 is 0 Å². The molecule has 0 aliphatic rings. The topological polar surface area (TPSA) is 92.5 Å². The summed E-state index contributed by atoms with van der Waals surface area (Å²) in [6.45, 7) is 4.51. The Hall–Kier alpha value is -1.76. The van der Waals surface area contributed by atoms with Gasteiger partial charge in [0.15, 0.2) is 0 Å². The number of carboxylic acid groups (broad SMARTS) is 1. The van der Waals surface area contributed by atoms with Gasteiger partial charge in [-0.2, -0.15) is 11.8 Å². The number of hydrogen-bond donors (Lipinski definition) is 2. The summed E-state index contributed by atoms with van der Waals surface area (Å²) in [6, 6.07) is 3.68. The smallest absolute Gasteiger partial charge is 0.337 e. The molecular formula is C12H16N2O4S. The van der Waals surface area contributed by atoms with Crippen molar-refractivity contribution in [2.24, 2.45) is 0 Å². The predicted octanol–water partition coefficient (Wildman–Crippen LogP) is 2.85. The monoisotopic (exact) mass is 284 g/mol. The minimum atomic E-state index is -1.11. The lowest BCUT2D eigenvalue weighted by Gasteiger charge is -2.23. The van der Waals surface area contributed by atoms with Crippen molar-refractivity contribution in [1.82, 2.24) is 0 Å². The fraction of sp³-hybridized carbons (Fsp3) is 0.417. The van der Waals surface area contributed by atoms with Crippen LogP contribution in [0.5, 0.6) is 0 Å². The van der Waals surface area contributed by atoms with Gasteiger partial charge in [-0.15, -0.1) is 0 Å². The molecule has 1 aromatic rings. The number of benzene rings is 1. The largest absolute Gasteiger partial charge is 0.478 e. The SMILES string of the molecule is CSC(C)(C)CNc1cc([N+](=O)[O-])ccc1C(=O)O. The maximum Gasteiger partial charge on any atom is 0.337 e. The van der Waals surface area contributed by atoms with Gasteiger partial charge in [0.05, 0.1) is 16.2 Å². The molecule has 0 aliphatic heterocycles. The standard InChI is InChI=1S/C12H16N2O4S/c1-12(2,19-3)7-13-10-6-8(14(17)18)4-5-9(10)11(15)16/h4-6,13H,7H2,1-3H3,(H,15,16). The second-order valence-electron chi connectivity index (χ2n) is 4.61. The van der Waals surface area contributed by atoms with Crippen molar-refractivity contribution >= 4 is 29.1 Å². The third-order valence-corrected chi connectivity index (χ3v) is 3.95. The zero-order chi connectivity index (χ0) is 14.6. The van der Waals surface area contributed by atoms with E-state index in [1.54, 1.807) is 11.8 Å². The molecule has 0 fully saturated rings. The van der Waals surface area contributed by atoms with Crippen LogP contribution in [-0.2, 0) is 0 Å². The van der Waals surface area contributed by atoms with E-state index in [2.05, 4.69) is 5.32 Å². The number of nitrogens with zero attached hydrogens (tertiary/aromatic N) is 1. The molecule has 0 saturated heterocycles. The molecule has 0 atom stereocenters. The third-order valence-electron chi connectivity index (χ3n) is 2.70. The minimum absolute atomic E-state index is 0.0301. The van der Waals surface area contributed by atoms with Gasteiger partial charge in [-0.3, -0.25) is 10.1 Å². The normalized spacial score (nSPS) is 11.1. The van der Waals surface area contributed by atoms with Gasteiger partial charge in [-0.25, -0.2) is 4.79 Å². The summed E-state index contributed by atoms with van der Waals surface area (Å²) in [7, 11) is 0. The number of rotatable bonds is 6. The first-order valence-corrected chi connectivity index (χ1v) is 6.80. The highest BCUT2D eigenvalue weighted by molar-refractivity contribution is 7.99. The summed E-state index contributed by atoms with van der Waals surface area (Å²) in [5, 5.41) is 22.8. The van der Waals surface area contributed by atoms with Crippen LogP contribution in [0.25, 0.3) is 0 Å². The second kappa shape index (κ2) is 5.92. The van der Waals surface area contributed by atoms with Gasteiger partial charge in [0.25, 0.3) is 5.69 Å². The van der Waals surface area contributed by atoms with Crippen LogP contribution < -0.4 is 5.32 Å². The van der Waals surface area contributed by atoms with E-state index in [0.29, 0.717) is 6.54 Å². The number of carbonyl (C=O) groups is 1. The molecule has 2 N–H and O–H groups in total. The average molecular weight is 284 g/mol. The van der Waals surface area contributed by atoms with Crippen molar-refractivity contribution in [1.29, 1.82) is 0 Å². The molecule has 0 spiro atoms. The Bertz CT molecular complexity index is 503. The van der Waals surface area contributed by atoms with Gasteiger partial charge in [-0.1, -0.05) is 0 Å². The van der Waals surface area contributed by atoms with Crippen LogP contribution in [0.3, 0.4) is 0 Å². The number of non-ortho nitro benzene ring substituents is 1. The molecule has 0 aromatic heterocycles. The molecule has 0 heterocycles. The van der Waals surface area contributed by atoms with Crippen LogP contribution in [0.15, 0.2) is 18.2 Å². The van der Waals surface area contributed by atoms with Crippen molar-refractivity contribution in [2.45, 2.75) is 18.6 Å². The fourth-order valence-corrected chi connectivity index (χ4v) is 1.58. The van der Waals surface area contributed by atoms with Crippen LogP contribution in [0.1, 0.15) is 24.2 Å². The zero-order valence-electron chi connectivity index (χ0n) is 11.0. The van der Waals surface area contributed by atoms with Crippen molar-refractivity contribution in [2.75, 3.05) is 18.1 Å². The van der Waals surface area contributed by atoms with Crippen LogP contribution in [0, 0.1) is 10.1 Å². The van der Waals surface area contributed by atoms with Gasteiger partial charge in [0, 0.05) is 23.4 Å². The number of aromatic carboxylic acids is 1. The molecule has 0 aliphatic carbocycles. The Labute approximate surface area is 115 Å². The lowest BCUT2D eigenvalue weighted by molar-refractivity contribution is -0.384. The molecule has 0 amide bonds. The number of nitro groups is 1. The number of carboxylic acids is 1. The Balaban J connectivity index is 3.04. The lowest BCUT2D eigenvalue weighted by atomic mass is 10.1. The molecule has 6 nitrogen and oxygen atoms in total. The Morgan fingerprint density at radius 2 is 2.16 bits per heavy atom. The molecule has 0 saturated carbocycles. The van der Waals surface area contributed by atoms with Crippen LogP contribution in [0.4, 0.5) is 11.4 Å². The van der Waals surface area contributed by atoms with Crippen molar-refractivity contribution in [3.05, 3.63) is 33.9 Å². The molecule has 0 radical (unpaired) electrons. The summed E-state index contributed by atoms with van der Waals surface area (Å²) in [5.41, 5.74) is 0.167. The maximum atomic E-state index is 11.1. The number of nitrogens with one attached hydrogen (secondary N) is 1. The third kappa shape index (κ3) is 4.13. The summed E-state index contributed by atoms with van der Waals surface area (Å²) < 4.78 is -0.0968. The Morgan fingerprint density at radius 1 is 1.53 bits per heavy atom. The van der Waals surface area contributed by atoms with E-state index in [1.165, 1.54) is 18.2 Å². The Morgan fingerprint density at radius 3 is 2.63 bits per heavy atom. The number of anilines is 1. The van der Waals surface area contributed by atoms with Crippen LogP contribution in [0.2, 0.25) is 0 Å². The first kappa shape index (κ1) is 15.3. The quantitative estimate of drug-likeness (QED) is 0.616. The van der Waals surface area contributed by atoms with Crippen molar-refractivity contribution in [3.63, 3.8) is 0 Å². The summed E-state index contributed by atoms with van der Waals surface area (Å²) in [5.74, 6) is -1.11. The van der Waals surface area contributed by atoms with Crippen LogP contribution in [-0.4, -0.2) is 33.5 Å². The predicted molar refractivity (Wildman–Crippen MR) is 76.1 cm³/mol. The Kier molecular flexibility index (Phi) is 4.77. The van der Waals surface area contributed by atoms with Crippen molar-refractivity contribution < 1.29 is 14.8 Å². The molecule has 7 heteroatoms. The highest BCUT2D eigenvalue weighted by Crippen LogP contribution is 2.26. The van der Waals surface area contributed by atoms with Gasteiger partial charge in [0.2, 0.25) is 0 Å². The first-order chi connectivity index (χ1) is 8.76. The van der Waals surface area contributed by atoms with Gasteiger partial charge >= 0.3 is 5.97 Å². The number of thioether (sulfide) groups is 1. The van der Waals surface area contributed by atoms with E-state index in [9.17, 15) is 14.9 Å². The second-order valence-corrected chi connectivity index (χ2v) is 6.12. The molecule has 1 rings (SSSR count). The first-order valence-electron chi connectivity index (χ1n) is 5.57. The average Bonchev–Trinajstić information content (AvgIpc) is 2.35. The summed E-state index contributed by atoms with van der Waals surface area (Å²) >= 11 is 1.63. The van der Waals surface area contributed by atoms with E-state index in [0.717, 1.165) is 0 Å². The maximum absolute atomic E-state index is 11.1. The van der Waals surface area contributed by atoms with E-state index in [-0.39, 0.29) is 21.7 Å². The lowest BCUT2D eigenvalue weighted by Crippen LogP contribution is -2.26. The zero-order valence-corrected chi connectivity index (χ0v) is 11.8. The number of hydrogen-bond acceptors (Lipinski definition) is 5. The van der Waals surface area contributed by atoms with Gasteiger partial charge in [-0.05, 0) is 26.2 Å². The molecule has 0 unspecified atom stereocenters. The molecule has 104 valence electrons. The summed E-state index contributed by atoms with van der Waals surface area (Å²) in [6.07, 6.45) is 1.95. The molecule has 19 heavy (non-hydrogen) atoms. The minimum Gasteiger partial charge on any atom is -0.478 e. The van der Waals surface area contributed by atoms with Crippen LogP contribution >= 0.6 is 11.8 Å². The van der Waals surface area contributed by atoms with E-state index in [4.69, 9.17) is 5.11 Å². The van der Waals surface area contributed by atoms with E-state index < -0.39 is 10.9 Å². The highest BCUT2D eigenvalue weighted by atomic mass is 32.2.